The van der Waals surface area contributed by atoms with Crippen LogP contribution in [-0.2, 0) is 73.5 Å². The Bertz CT molecular complexity index is 5250. The van der Waals surface area contributed by atoms with Crippen molar-refractivity contribution in [1.82, 2.24) is 9.80 Å². The van der Waals surface area contributed by atoms with Gasteiger partial charge in [-0.25, -0.2) is 32.0 Å². The van der Waals surface area contributed by atoms with Crippen molar-refractivity contribution in [2.75, 3.05) is 25.0 Å². The molecule has 0 spiro atoms. The summed E-state index contributed by atoms with van der Waals surface area (Å²) in [7, 11) is 6.11. The number of benzene rings is 7. The Labute approximate surface area is 801 Å². The Morgan fingerprint density at radius 3 is 1.22 bits per heavy atom. The predicted octanol–water partition coefficient (Wildman–Crippen LogP) is 31.9. The third-order valence-corrected chi connectivity index (χ3v) is 27.4. The Hall–Kier alpha value is -7.38. The van der Waals surface area contributed by atoms with Gasteiger partial charge >= 0.3 is 59.4 Å². The minimum Gasteiger partial charge on any atom is -0.454 e. The van der Waals surface area contributed by atoms with Crippen LogP contribution in [0.3, 0.4) is 0 Å². The van der Waals surface area contributed by atoms with Crippen molar-refractivity contribution < 1.29 is 86.1 Å². The Kier molecular flexibility index (Phi) is 44.6. The third-order valence-electron chi connectivity index (χ3n) is 27.4. The van der Waals surface area contributed by atoms with Crippen LogP contribution < -0.4 is 14.0 Å². The van der Waals surface area contributed by atoms with Gasteiger partial charge in [0.2, 0.25) is 17.1 Å². The average Bonchev–Trinajstić information content (AvgIpc) is 1.53. The zero-order valence-electron chi connectivity index (χ0n) is 80.4. The molecule has 2 aliphatic heterocycles. The maximum absolute atomic E-state index is 15.1. The summed E-state index contributed by atoms with van der Waals surface area (Å²) in [6, 6.07) is 36.6. The molecule has 0 unspecified atom stereocenters. The van der Waals surface area contributed by atoms with E-state index in [-0.39, 0.29) is 121 Å². The molecule has 1 atom stereocenters. The number of likely N-dealkylation sites (tertiary alicyclic amines) is 1. The molecular formula is C112H148F3N7OOs3+2. The molecule has 680 valence electrons. The Morgan fingerprint density at radius 1 is 0.397 bits per heavy atom. The van der Waals surface area contributed by atoms with Crippen molar-refractivity contribution >= 4 is 44.7 Å². The fraction of sp³-hybridized carbons (Fsp3) is 0.446. The molecule has 6 saturated carbocycles. The van der Waals surface area contributed by atoms with E-state index in [1.165, 1.54) is 311 Å². The van der Waals surface area contributed by atoms with E-state index in [9.17, 15) is 8.78 Å². The number of fused-ring (bicyclic) bond motifs is 3. The molecule has 1 saturated heterocycles. The quantitative estimate of drug-likeness (QED) is 0.101. The van der Waals surface area contributed by atoms with E-state index in [1.807, 2.05) is 50.8 Å². The molecule has 10 aromatic rings. The molecule has 7 aromatic carbocycles. The van der Waals surface area contributed by atoms with Crippen LogP contribution in [0.5, 0.6) is 0 Å². The fourth-order valence-electron chi connectivity index (χ4n) is 21.0. The zero-order valence-corrected chi connectivity index (χ0v) is 88.0. The van der Waals surface area contributed by atoms with Crippen LogP contribution in [0.1, 0.15) is 288 Å². The van der Waals surface area contributed by atoms with Crippen LogP contribution in [0.25, 0.3) is 82.1 Å². The Morgan fingerprint density at radius 2 is 0.786 bits per heavy atom. The molecule has 8 aliphatic rings. The first-order valence-corrected chi connectivity index (χ1v) is 44.7. The first-order valence-electron chi connectivity index (χ1n) is 44.7. The fourth-order valence-corrected chi connectivity index (χ4v) is 21.0. The second-order valence-electron chi connectivity index (χ2n) is 35.9. The molecule has 3 aromatic heterocycles. The summed E-state index contributed by atoms with van der Waals surface area (Å²) in [5.41, 5.74) is 30.0. The molecule has 0 N–H and O–H groups in total. The SMILES string of the molecule is C1CCC(N2CCCC2)C1.C1CCCC1.C1CCCC1.Cc1cc(C2CCCC2)cc(C)c1C1=CN(c2c(C)ccc3c2oc2ccccc23)[C@H](C)N1C.[C-]#[N+]c1c(F)cc(C)c(-c2cc(C)c(-c3c(C)cc(C4CCCC4)cc3C)c[n+]2C)c1F.[C-]#[N+]c1cc(-c2cc(C)c(-c3c(C)cc(C4CCCC4)cc3C)c[n+]2C)c(C)cc1F.[CH3-].[CH3-].[CH3-].[CH3-].[CH3-].[CH3-].[Os+2].[Os+2].[Os+2]. The minimum absolute atomic E-state index is 0. The molecule has 5 heterocycles. The third kappa shape index (κ3) is 25.0. The van der Waals surface area contributed by atoms with Crippen molar-refractivity contribution in [3.63, 3.8) is 0 Å². The first-order chi connectivity index (χ1) is 56.4. The van der Waals surface area contributed by atoms with E-state index in [1.54, 1.807) is 13.0 Å². The van der Waals surface area contributed by atoms with Gasteiger partial charge in [-0.2, -0.15) is 0 Å². The second-order valence-corrected chi connectivity index (χ2v) is 35.9. The van der Waals surface area contributed by atoms with Gasteiger partial charge in [-0.15, -0.1) is 0 Å². The van der Waals surface area contributed by atoms with Crippen LogP contribution in [-0.4, -0.2) is 42.1 Å². The van der Waals surface area contributed by atoms with Gasteiger partial charge in [0.25, 0.3) is 5.69 Å². The maximum atomic E-state index is 15.1. The first kappa shape index (κ1) is 111. The van der Waals surface area contributed by atoms with E-state index in [0.29, 0.717) is 23.1 Å². The van der Waals surface area contributed by atoms with Gasteiger partial charge in [0.05, 0.1) is 30.1 Å². The van der Waals surface area contributed by atoms with Gasteiger partial charge < -0.3 is 63.7 Å². The van der Waals surface area contributed by atoms with Crippen LogP contribution in [0, 0.1) is 151 Å². The van der Waals surface area contributed by atoms with E-state index in [2.05, 4.69) is 184 Å². The molecule has 0 amide bonds. The molecule has 0 bridgehead atoms. The summed E-state index contributed by atoms with van der Waals surface area (Å²) in [5, 5.41) is 2.36. The van der Waals surface area contributed by atoms with Crippen LogP contribution >= 0.6 is 0 Å². The number of hydrogen-bond donors (Lipinski definition) is 0. The Balaban J connectivity index is 0.000000344. The van der Waals surface area contributed by atoms with Crippen LogP contribution in [0.4, 0.5) is 30.2 Å². The molecule has 126 heavy (non-hydrogen) atoms. The molecule has 6 aliphatic carbocycles. The number of rotatable bonds is 10. The standard InChI is InChI=1S/C31H34N2O.C28H29F2N2.C28H30FN2.C9H17N.2C5H10.6CH3.3Os/c1-19-14-15-26-25-12-8-9-13-28(25)34-31(26)30(19)33-18-27(32(5)22(33)4)29-20(2)16-24(17-21(29)3)23-10-6-7-11-23;1-16-14-24(26-19(4)13-23(29)28(31-5)27(26)30)32(6)15-22(16)25-17(2)11-21(12-18(25)3)20-9-7-8-10-20;1-17-13-25(29)26(30-5)15-23(17)27-14-18(2)24(16-31(27)6)28-19(3)11-22(12-20(28)4)21-9-7-8-10-21;1-2-6-9(5-1)10-7-3-4-8-10;2*1-2-4-5-3-1;;;;;;;;;/h8-9,12-18,22-23H,6-7,10-11H2,1-5H3;11-15,20H,7-10H2,1-4,6H3;11-16,21H,7-10H2,1-4,6H3;9H,1-8H2;2*1-5H2;6*1H3;;;/q;2*+1;;;;6*-1;3*+2/t22-;;;;;;;;;;;;;;/m1............../s1. The van der Waals surface area contributed by atoms with Crippen molar-refractivity contribution in [2.45, 2.75) is 293 Å². The van der Waals surface area contributed by atoms with Gasteiger partial charge in [0.15, 0.2) is 18.0 Å². The number of aromatic nitrogens is 2. The van der Waals surface area contributed by atoms with Gasteiger partial charge in [-0.3, -0.25) is 0 Å². The van der Waals surface area contributed by atoms with Crippen molar-refractivity contribution in [1.29, 1.82) is 0 Å². The predicted molar refractivity (Wildman–Crippen MR) is 521 cm³/mol. The number of nitrogens with zero attached hydrogens (tertiary/aromatic N) is 7. The summed E-state index contributed by atoms with van der Waals surface area (Å²) >= 11 is 0. The second kappa shape index (κ2) is 50.7. The number of anilines is 1. The summed E-state index contributed by atoms with van der Waals surface area (Å²) in [5.74, 6) is 0.0504. The van der Waals surface area contributed by atoms with E-state index < -0.39 is 23.1 Å². The minimum atomic E-state index is -0.816. The van der Waals surface area contributed by atoms with Crippen LogP contribution in [0.15, 0.2) is 126 Å². The number of halogens is 3. The van der Waals surface area contributed by atoms with Crippen molar-refractivity contribution in [2.24, 2.45) is 14.1 Å². The molecule has 7 fully saturated rings. The van der Waals surface area contributed by atoms with Gasteiger partial charge in [-0.1, -0.05) is 182 Å². The summed E-state index contributed by atoms with van der Waals surface area (Å²) in [4.78, 5) is 13.9. The number of pyridine rings is 2. The monoisotopic (exact) mass is 2240 g/mol. The molecule has 8 nitrogen and oxygen atoms in total. The van der Waals surface area contributed by atoms with E-state index in [4.69, 9.17) is 17.6 Å². The average molecular weight is 2240 g/mol. The van der Waals surface area contributed by atoms with Crippen molar-refractivity contribution in [3.8, 4) is 44.8 Å². The van der Waals surface area contributed by atoms with Crippen LogP contribution in [0.2, 0.25) is 0 Å². The largest absolute Gasteiger partial charge is 2.00 e. The topological polar surface area (TPSA) is 39.3 Å². The number of para-hydroxylation sites is 1. The molecule has 14 heteroatoms. The smallest absolute Gasteiger partial charge is 0.454 e. The van der Waals surface area contributed by atoms with Gasteiger partial charge in [0.1, 0.15) is 43.3 Å². The van der Waals surface area contributed by atoms with Gasteiger partial charge in [-0.05, 0) is 291 Å². The normalized spacial score (nSPS) is 16.5. The van der Waals surface area contributed by atoms with E-state index >= 15 is 4.39 Å². The molecular weight excluding hydrogens is 2090 g/mol. The molecule has 0 radical (unpaired) electrons. The van der Waals surface area contributed by atoms with Gasteiger partial charge in [0, 0.05) is 64.4 Å². The van der Waals surface area contributed by atoms with E-state index in [0.717, 1.165) is 51.1 Å². The molecule has 18 rings (SSSR count). The zero-order chi connectivity index (χ0) is 82.9. The number of furan rings is 1. The number of hydrogen-bond acceptors (Lipinski definition) is 4. The number of aryl methyl sites for hydroxylation is 13. The summed E-state index contributed by atoms with van der Waals surface area (Å²) < 4.78 is 53.5. The maximum Gasteiger partial charge on any atom is 2.00 e. The summed E-state index contributed by atoms with van der Waals surface area (Å²) in [6.45, 7) is 42.8. The summed E-state index contributed by atoms with van der Waals surface area (Å²) in [6.07, 6.45) is 46.5. The van der Waals surface area contributed by atoms with Crippen molar-refractivity contribution in [3.05, 3.63) is 290 Å².